The first kappa shape index (κ1) is 23.5. The van der Waals surface area contributed by atoms with E-state index in [1.165, 1.54) is 13.8 Å². The van der Waals surface area contributed by atoms with Crippen LogP contribution in [0.25, 0.3) is 0 Å². The van der Waals surface area contributed by atoms with Crippen molar-refractivity contribution in [2.24, 2.45) is 0 Å². The molecule has 1 fully saturated rings. The van der Waals surface area contributed by atoms with E-state index in [0.717, 1.165) is 11.1 Å². The van der Waals surface area contributed by atoms with Crippen LogP contribution in [0.5, 0.6) is 0 Å². The predicted molar refractivity (Wildman–Crippen MR) is 115 cm³/mol. The van der Waals surface area contributed by atoms with Crippen LogP contribution in [0, 0.1) is 12.3 Å². The molecule has 0 aromatic heterocycles. The van der Waals surface area contributed by atoms with Crippen LogP contribution >= 0.6 is 0 Å². The third-order valence-electron chi connectivity index (χ3n) is 4.88. The number of benzene rings is 2. The van der Waals surface area contributed by atoms with Crippen molar-refractivity contribution in [3.8, 4) is 12.3 Å². The third kappa shape index (κ3) is 5.95. The van der Waals surface area contributed by atoms with Crippen LogP contribution < -0.4 is 0 Å². The van der Waals surface area contributed by atoms with Crippen molar-refractivity contribution in [1.29, 1.82) is 0 Å². The molecule has 7 nitrogen and oxygen atoms in total. The van der Waals surface area contributed by atoms with E-state index in [2.05, 4.69) is 5.92 Å². The number of carbonyl (C=O) groups is 2. The number of hydrogen-bond donors (Lipinski definition) is 0. The van der Waals surface area contributed by atoms with E-state index < -0.39 is 36.0 Å². The van der Waals surface area contributed by atoms with E-state index >= 15 is 0 Å². The molecule has 0 radical (unpaired) electrons. The fraction of sp³-hybridized carbons (Fsp3) is 0.360. The number of rotatable bonds is 9. The molecule has 1 aliphatic rings. The molecule has 1 saturated heterocycles. The van der Waals surface area contributed by atoms with Gasteiger partial charge in [-0.1, -0.05) is 66.6 Å². The van der Waals surface area contributed by atoms with Gasteiger partial charge in [0.2, 0.25) is 6.29 Å². The molecule has 1 aliphatic heterocycles. The Balaban J connectivity index is 1.84. The van der Waals surface area contributed by atoms with Crippen molar-refractivity contribution in [3.05, 3.63) is 71.8 Å². The van der Waals surface area contributed by atoms with Gasteiger partial charge in [0.25, 0.3) is 0 Å². The van der Waals surface area contributed by atoms with Crippen molar-refractivity contribution >= 4 is 11.9 Å². The highest BCUT2D eigenvalue weighted by atomic mass is 16.8. The normalized spacial score (nSPS) is 24.5. The summed E-state index contributed by atoms with van der Waals surface area (Å²) in [5, 5.41) is 0. The zero-order valence-electron chi connectivity index (χ0n) is 18.1. The molecule has 7 heteroatoms. The minimum atomic E-state index is -1.44. The molecule has 0 saturated carbocycles. The van der Waals surface area contributed by atoms with E-state index in [4.69, 9.17) is 30.1 Å². The van der Waals surface area contributed by atoms with Crippen LogP contribution in [-0.4, -0.2) is 42.6 Å². The summed E-state index contributed by atoms with van der Waals surface area (Å²) >= 11 is 0. The van der Waals surface area contributed by atoms with Crippen LogP contribution in [0.15, 0.2) is 60.7 Å². The molecular weight excluding hydrogens is 412 g/mol. The molecule has 2 aromatic rings. The topological polar surface area (TPSA) is 80.3 Å². The van der Waals surface area contributed by atoms with E-state index in [1.807, 2.05) is 60.7 Å². The van der Waals surface area contributed by atoms with Crippen molar-refractivity contribution in [2.45, 2.75) is 51.2 Å². The molecule has 0 bridgehead atoms. The van der Waals surface area contributed by atoms with E-state index in [9.17, 15) is 9.59 Å². The Bertz CT molecular complexity index is 938. The Morgan fingerprint density at radius 1 is 0.938 bits per heavy atom. The average Bonchev–Trinajstić information content (AvgIpc) is 3.05. The molecule has 3 rings (SSSR count). The standard InChI is InChI=1S/C25H26O7/c1-4-25(17-28-15-20-11-7-5-8-12-20)23(29-16-21-13-9-6-10-14-21)22(30-18(2)26)24(32-25)31-19(3)27/h1,5-14,22-24H,15-17H2,2-3H3/t22-,23+,24?,25-/m1/s1. The Morgan fingerprint density at radius 3 is 2.03 bits per heavy atom. The van der Waals surface area contributed by atoms with Gasteiger partial charge in [0.15, 0.2) is 11.7 Å². The maximum atomic E-state index is 11.8. The number of carbonyl (C=O) groups excluding carboxylic acids is 2. The van der Waals surface area contributed by atoms with Gasteiger partial charge in [0, 0.05) is 13.8 Å². The van der Waals surface area contributed by atoms with Gasteiger partial charge in [-0.05, 0) is 11.1 Å². The molecule has 0 spiro atoms. The Kier molecular flexibility index (Phi) is 8.01. The summed E-state index contributed by atoms with van der Waals surface area (Å²) in [4.78, 5) is 23.4. The number of esters is 2. The molecule has 0 amide bonds. The second kappa shape index (κ2) is 10.9. The van der Waals surface area contributed by atoms with E-state index in [1.54, 1.807) is 0 Å². The van der Waals surface area contributed by atoms with Crippen LogP contribution in [0.2, 0.25) is 0 Å². The Hall–Kier alpha value is -3.18. The van der Waals surface area contributed by atoms with E-state index in [-0.39, 0.29) is 19.8 Å². The fourth-order valence-corrected chi connectivity index (χ4v) is 3.47. The maximum Gasteiger partial charge on any atom is 0.305 e. The van der Waals surface area contributed by atoms with Crippen LogP contribution in [0.3, 0.4) is 0 Å². The van der Waals surface area contributed by atoms with Crippen LogP contribution in [-0.2, 0) is 46.5 Å². The summed E-state index contributed by atoms with van der Waals surface area (Å²) in [6.45, 7) is 2.89. The number of hydrogen-bond acceptors (Lipinski definition) is 7. The SMILES string of the molecule is C#C[C@]1(COCc2ccccc2)OC(OC(C)=O)[C@H](OC(C)=O)[C@@H]1OCc1ccccc1. The predicted octanol–water partition coefficient (Wildman–Crippen LogP) is 3.01. The van der Waals surface area contributed by atoms with Crippen molar-refractivity contribution in [1.82, 2.24) is 0 Å². The van der Waals surface area contributed by atoms with Gasteiger partial charge < -0.3 is 23.7 Å². The largest absolute Gasteiger partial charge is 0.453 e. The van der Waals surface area contributed by atoms with Crippen molar-refractivity contribution in [3.63, 3.8) is 0 Å². The highest BCUT2D eigenvalue weighted by Crippen LogP contribution is 2.37. The summed E-state index contributed by atoms with van der Waals surface area (Å²) < 4.78 is 28.6. The van der Waals surface area contributed by atoms with Gasteiger partial charge in [0.1, 0.15) is 6.10 Å². The molecule has 168 valence electrons. The molecule has 4 atom stereocenters. The Morgan fingerprint density at radius 2 is 1.50 bits per heavy atom. The first-order valence-corrected chi connectivity index (χ1v) is 10.2. The molecule has 2 aromatic carbocycles. The summed E-state index contributed by atoms with van der Waals surface area (Å²) in [5.41, 5.74) is 0.401. The molecular formula is C25H26O7. The van der Waals surface area contributed by atoms with Gasteiger partial charge in [-0.25, -0.2) is 0 Å². The quantitative estimate of drug-likeness (QED) is 0.440. The van der Waals surface area contributed by atoms with Gasteiger partial charge in [-0.15, -0.1) is 6.42 Å². The summed E-state index contributed by atoms with van der Waals surface area (Å²) in [7, 11) is 0. The second-order valence-electron chi connectivity index (χ2n) is 7.40. The minimum Gasteiger partial charge on any atom is -0.453 e. The zero-order chi connectivity index (χ0) is 23.0. The van der Waals surface area contributed by atoms with Crippen LogP contribution in [0.1, 0.15) is 25.0 Å². The number of terminal acetylenes is 1. The lowest BCUT2D eigenvalue weighted by Crippen LogP contribution is -2.48. The molecule has 1 heterocycles. The third-order valence-corrected chi connectivity index (χ3v) is 4.88. The second-order valence-corrected chi connectivity index (χ2v) is 7.40. The molecule has 1 unspecified atom stereocenters. The zero-order valence-corrected chi connectivity index (χ0v) is 18.1. The monoisotopic (exact) mass is 438 g/mol. The van der Waals surface area contributed by atoms with Crippen molar-refractivity contribution in [2.75, 3.05) is 6.61 Å². The maximum absolute atomic E-state index is 11.8. The lowest BCUT2D eigenvalue weighted by molar-refractivity contribution is -0.203. The summed E-state index contributed by atoms with van der Waals surface area (Å²) in [5.74, 6) is 1.42. The molecule has 32 heavy (non-hydrogen) atoms. The number of ether oxygens (including phenoxy) is 5. The summed E-state index contributed by atoms with van der Waals surface area (Å²) in [6, 6.07) is 19.0. The first-order chi connectivity index (χ1) is 15.4. The van der Waals surface area contributed by atoms with Crippen molar-refractivity contribution < 1.29 is 33.3 Å². The van der Waals surface area contributed by atoms with Gasteiger partial charge >= 0.3 is 11.9 Å². The minimum absolute atomic E-state index is 0.0621. The lowest BCUT2D eigenvalue weighted by atomic mass is 9.96. The lowest BCUT2D eigenvalue weighted by Gasteiger charge is -2.30. The Labute approximate surface area is 187 Å². The van der Waals surface area contributed by atoms with Gasteiger partial charge in [-0.3, -0.25) is 9.59 Å². The fourth-order valence-electron chi connectivity index (χ4n) is 3.47. The average molecular weight is 438 g/mol. The highest BCUT2D eigenvalue weighted by molar-refractivity contribution is 5.67. The van der Waals surface area contributed by atoms with Gasteiger partial charge in [0.05, 0.1) is 19.8 Å². The van der Waals surface area contributed by atoms with Gasteiger partial charge in [-0.2, -0.15) is 0 Å². The molecule has 0 N–H and O–H groups in total. The van der Waals surface area contributed by atoms with Crippen LogP contribution in [0.4, 0.5) is 0 Å². The highest BCUT2D eigenvalue weighted by Gasteiger charge is 2.59. The van der Waals surface area contributed by atoms with E-state index in [0.29, 0.717) is 0 Å². The first-order valence-electron chi connectivity index (χ1n) is 10.2. The smallest absolute Gasteiger partial charge is 0.305 e. The molecule has 0 aliphatic carbocycles. The summed E-state index contributed by atoms with van der Waals surface area (Å²) in [6.07, 6.45) is 2.66.